The fraction of sp³-hybridized carbons (Fsp3) is 0.250. The number of aryl methyl sites for hydroxylation is 2. The fourth-order valence-electron chi connectivity index (χ4n) is 1.45. The van der Waals surface area contributed by atoms with Gasteiger partial charge in [0.05, 0.1) is 15.7 Å². The molecule has 0 aliphatic heterocycles. The summed E-state index contributed by atoms with van der Waals surface area (Å²) in [5, 5.41) is 4.55. The Morgan fingerprint density at radius 2 is 2.18 bits per heavy atom. The molecule has 2 aromatic rings. The molecule has 90 valence electrons. The first kappa shape index (κ1) is 12.5. The first-order valence-electron chi connectivity index (χ1n) is 5.07. The molecule has 1 heterocycles. The lowest BCUT2D eigenvalue weighted by molar-refractivity contribution is 0.300. The van der Waals surface area contributed by atoms with Gasteiger partial charge in [-0.3, -0.25) is 0 Å². The molecule has 5 heteroatoms. The maximum absolute atomic E-state index is 5.86. The van der Waals surface area contributed by atoms with Gasteiger partial charge in [0.15, 0.2) is 0 Å². The van der Waals surface area contributed by atoms with E-state index in [0.717, 1.165) is 27.2 Å². The van der Waals surface area contributed by atoms with Crippen LogP contribution in [0.2, 0.25) is 5.02 Å². The van der Waals surface area contributed by atoms with E-state index in [1.165, 1.54) is 0 Å². The van der Waals surface area contributed by atoms with Crippen molar-refractivity contribution in [2.24, 2.45) is 0 Å². The number of benzene rings is 1. The topological polar surface area (TPSA) is 35.3 Å². The zero-order valence-electron chi connectivity index (χ0n) is 9.46. The zero-order valence-corrected chi connectivity index (χ0v) is 11.8. The molecule has 0 atom stereocenters. The molecule has 0 amide bonds. The Balaban J connectivity index is 2.13. The Morgan fingerprint density at radius 1 is 1.41 bits per heavy atom. The number of ether oxygens (including phenoxy) is 1. The lowest BCUT2D eigenvalue weighted by atomic mass is 10.2. The lowest BCUT2D eigenvalue weighted by Crippen LogP contribution is -1.98. The van der Waals surface area contributed by atoms with E-state index in [-0.39, 0.29) is 0 Å². The molecular weight excluding hydrogens is 305 g/mol. The molecule has 0 spiro atoms. The quantitative estimate of drug-likeness (QED) is 0.847. The highest BCUT2D eigenvalue weighted by molar-refractivity contribution is 9.10. The number of hydrogen-bond acceptors (Lipinski definition) is 3. The van der Waals surface area contributed by atoms with Crippen LogP contribution in [0.5, 0.6) is 5.75 Å². The molecular formula is C12H11BrClNO2. The lowest BCUT2D eigenvalue weighted by Gasteiger charge is -2.07. The van der Waals surface area contributed by atoms with Crippen LogP contribution < -0.4 is 4.74 Å². The number of aromatic nitrogens is 1. The summed E-state index contributed by atoms with van der Waals surface area (Å²) >= 11 is 9.26. The summed E-state index contributed by atoms with van der Waals surface area (Å²) < 4.78 is 11.6. The Kier molecular flexibility index (Phi) is 3.74. The van der Waals surface area contributed by atoms with Gasteiger partial charge in [-0.05, 0) is 48.0 Å². The molecule has 2 rings (SSSR count). The Labute approximate surface area is 113 Å². The van der Waals surface area contributed by atoms with Crippen molar-refractivity contribution in [3.63, 3.8) is 0 Å². The molecule has 0 bridgehead atoms. The highest BCUT2D eigenvalue weighted by atomic mass is 79.9. The molecule has 1 aromatic heterocycles. The second kappa shape index (κ2) is 5.10. The highest BCUT2D eigenvalue weighted by Gasteiger charge is 2.10. The number of hydrogen-bond donors (Lipinski definition) is 0. The summed E-state index contributed by atoms with van der Waals surface area (Å²) in [6.07, 6.45) is 0. The van der Waals surface area contributed by atoms with Crippen molar-refractivity contribution in [1.29, 1.82) is 0 Å². The average molecular weight is 317 g/mol. The average Bonchev–Trinajstić information content (AvgIpc) is 2.58. The van der Waals surface area contributed by atoms with E-state index in [2.05, 4.69) is 21.1 Å². The molecule has 0 unspecified atom stereocenters. The van der Waals surface area contributed by atoms with Gasteiger partial charge in [-0.15, -0.1) is 0 Å². The second-order valence-electron chi connectivity index (χ2n) is 3.67. The van der Waals surface area contributed by atoms with Crippen molar-refractivity contribution >= 4 is 27.5 Å². The molecule has 1 aromatic carbocycles. The van der Waals surface area contributed by atoms with Gasteiger partial charge in [0.2, 0.25) is 0 Å². The van der Waals surface area contributed by atoms with Crippen LogP contribution in [0, 0.1) is 13.8 Å². The summed E-state index contributed by atoms with van der Waals surface area (Å²) in [5.41, 5.74) is 1.83. The zero-order chi connectivity index (χ0) is 12.4. The normalized spacial score (nSPS) is 10.6. The van der Waals surface area contributed by atoms with E-state index >= 15 is 0 Å². The van der Waals surface area contributed by atoms with Crippen molar-refractivity contribution in [3.8, 4) is 5.75 Å². The van der Waals surface area contributed by atoms with Crippen molar-refractivity contribution < 1.29 is 9.26 Å². The fourth-order valence-corrected chi connectivity index (χ4v) is 2.25. The molecule has 0 saturated heterocycles. The van der Waals surface area contributed by atoms with Crippen molar-refractivity contribution in [2.45, 2.75) is 20.5 Å². The maximum atomic E-state index is 5.86. The largest absolute Gasteiger partial charge is 0.488 e. The van der Waals surface area contributed by atoms with E-state index in [1.807, 2.05) is 19.9 Å². The van der Waals surface area contributed by atoms with Crippen LogP contribution in [0.15, 0.2) is 27.2 Å². The third-order valence-corrected chi connectivity index (χ3v) is 3.30. The maximum Gasteiger partial charge on any atom is 0.140 e. The minimum absolute atomic E-state index is 0.432. The monoisotopic (exact) mass is 315 g/mol. The standard InChI is InChI=1S/C12H11BrClNO2/c1-7-10(8(2)17-15-7)6-16-12-4-3-9(14)5-11(12)13/h3-5H,6H2,1-2H3. The highest BCUT2D eigenvalue weighted by Crippen LogP contribution is 2.29. The van der Waals surface area contributed by atoms with Crippen LogP contribution in [-0.4, -0.2) is 5.16 Å². The summed E-state index contributed by atoms with van der Waals surface area (Å²) in [5.74, 6) is 1.53. The predicted molar refractivity (Wildman–Crippen MR) is 69.5 cm³/mol. The van der Waals surface area contributed by atoms with Crippen LogP contribution >= 0.6 is 27.5 Å². The van der Waals surface area contributed by atoms with E-state index in [9.17, 15) is 0 Å². The van der Waals surface area contributed by atoms with Crippen LogP contribution in [0.1, 0.15) is 17.0 Å². The molecule has 3 nitrogen and oxygen atoms in total. The van der Waals surface area contributed by atoms with Gasteiger partial charge in [-0.2, -0.15) is 0 Å². The minimum atomic E-state index is 0.432. The first-order valence-corrected chi connectivity index (χ1v) is 6.24. The Hall–Kier alpha value is -1.000. The van der Waals surface area contributed by atoms with Crippen molar-refractivity contribution in [3.05, 3.63) is 44.7 Å². The molecule has 0 aliphatic rings. The molecule has 0 saturated carbocycles. The summed E-state index contributed by atoms with van der Waals surface area (Å²) in [6, 6.07) is 5.41. The summed E-state index contributed by atoms with van der Waals surface area (Å²) in [4.78, 5) is 0. The van der Waals surface area contributed by atoms with Gasteiger partial charge in [-0.25, -0.2) is 0 Å². The third kappa shape index (κ3) is 2.82. The van der Waals surface area contributed by atoms with Gasteiger partial charge in [0, 0.05) is 5.02 Å². The molecule has 0 fully saturated rings. The van der Waals surface area contributed by atoms with Crippen LogP contribution in [0.4, 0.5) is 0 Å². The molecule has 0 radical (unpaired) electrons. The molecule has 0 N–H and O–H groups in total. The van der Waals surface area contributed by atoms with Crippen molar-refractivity contribution in [1.82, 2.24) is 5.16 Å². The van der Waals surface area contributed by atoms with Gasteiger partial charge in [0.25, 0.3) is 0 Å². The Bertz CT molecular complexity index is 520. The number of rotatable bonds is 3. The van der Waals surface area contributed by atoms with Gasteiger partial charge < -0.3 is 9.26 Å². The van der Waals surface area contributed by atoms with E-state index in [1.54, 1.807) is 12.1 Å². The first-order chi connectivity index (χ1) is 8.08. The number of halogens is 2. The molecule has 0 aliphatic carbocycles. The van der Waals surface area contributed by atoms with E-state index in [4.69, 9.17) is 20.9 Å². The predicted octanol–water partition coefficient (Wildman–Crippen LogP) is 4.29. The smallest absolute Gasteiger partial charge is 0.140 e. The number of nitrogens with zero attached hydrogens (tertiary/aromatic N) is 1. The van der Waals surface area contributed by atoms with E-state index in [0.29, 0.717) is 11.6 Å². The molecule has 17 heavy (non-hydrogen) atoms. The van der Waals surface area contributed by atoms with Crippen LogP contribution in [-0.2, 0) is 6.61 Å². The Morgan fingerprint density at radius 3 is 2.76 bits per heavy atom. The van der Waals surface area contributed by atoms with Gasteiger partial charge in [-0.1, -0.05) is 16.8 Å². The third-order valence-electron chi connectivity index (χ3n) is 2.45. The van der Waals surface area contributed by atoms with Gasteiger partial charge in [0.1, 0.15) is 18.1 Å². The minimum Gasteiger partial charge on any atom is -0.488 e. The van der Waals surface area contributed by atoms with Crippen molar-refractivity contribution in [2.75, 3.05) is 0 Å². The summed E-state index contributed by atoms with van der Waals surface area (Å²) in [7, 11) is 0. The van der Waals surface area contributed by atoms with E-state index < -0.39 is 0 Å². The summed E-state index contributed by atoms with van der Waals surface area (Å²) in [6.45, 7) is 4.20. The van der Waals surface area contributed by atoms with Gasteiger partial charge >= 0.3 is 0 Å². The van der Waals surface area contributed by atoms with Crippen LogP contribution in [0.25, 0.3) is 0 Å². The SMILES string of the molecule is Cc1noc(C)c1COc1ccc(Cl)cc1Br. The second-order valence-corrected chi connectivity index (χ2v) is 4.96. The van der Waals surface area contributed by atoms with Crippen LogP contribution in [0.3, 0.4) is 0 Å².